The number of aliphatic hydroxyl groups is 1. The number of anilines is 1. The number of hydrogen-bond acceptors (Lipinski definition) is 3. The monoisotopic (exact) mass is 220 g/mol. The van der Waals surface area contributed by atoms with Crippen molar-refractivity contribution in [2.45, 2.75) is 32.4 Å². The zero-order chi connectivity index (χ0) is 11.5. The largest absolute Gasteiger partial charge is 0.394 e. The molecular formula is C13H20N2O. The summed E-state index contributed by atoms with van der Waals surface area (Å²) in [4.78, 5) is 2.32. The summed E-state index contributed by atoms with van der Waals surface area (Å²) < 4.78 is 0. The Hall–Kier alpha value is -1.06. The average molecular weight is 220 g/mol. The topological polar surface area (TPSA) is 49.5 Å². The van der Waals surface area contributed by atoms with Gasteiger partial charge in [-0.1, -0.05) is 12.1 Å². The van der Waals surface area contributed by atoms with E-state index in [1.54, 1.807) is 0 Å². The number of nitrogens with two attached hydrogens (primary N) is 1. The molecule has 0 aromatic heterocycles. The Morgan fingerprint density at radius 2 is 2.31 bits per heavy atom. The zero-order valence-corrected chi connectivity index (χ0v) is 9.82. The van der Waals surface area contributed by atoms with Crippen molar-refractivity contribution in [2.24, 2.45) is 5.73 Å². The van der Waals surface area contributed by atoms with Gasteiger partial charge < -0.3 is 15.7 Å². The molecule has 3 heteroatoms. The van der Waals surface area contributed by atoms with Gasteiger partial charge in [-0.15, -0.1) is 0 Å². The Morgan fingerprint density at radius 3 is 2.94 bits per heavy atom. The maximum Gasteiger partial charge on any atom is 0.0635 e. The van der Waals surface area contributed by atoms with Crippen molar-refractivity contribution in [3.05, 3.63) is 29.3 Å². The van der Waals surface area contributed by atoms with Crippen molar-refractivity contribution in [2.75, 3.05) is 18.1 Å². The predicted molar refractivity (Wildman–Crippen MR) is 66.5 cm³/mol. The molecule has 1 unspecified atom stereocenters. The molecule has 3 nitrogen and oxygen atoms in total. The lowest BCUT2D eigenvalue weighted by atomic mass is 10.1. The number of hydrogen-bond donors (Lipinski definition) is 2. The van der Waals surface area contributed by atoms with Crippen LogP contribution in [0.2, 0.25) is 0 Å². The number of aryl methyl sites for hydroxylation is 1. The van der Waals surface area contributed by atoms with E-state index < -0.39 is 0 Å². The molecule has 1 aromatic rings. The molecule has 16 heavy (non-hydrogen) atoms. The second-order valence-electron chi connectivity index (χ2n) is 4.50. The van der Waals surface area contributed by atoms with Crippen LogP contribution in [0, 0.1) is 6.92 Å². The van der Waals surface area contributed by atoms with E-state index in [-0.39, 0.29) is 6.61 Å². The van der Waals surface area contributed by atoms with Crippen LogP contribution in [0.15, 0.2) is 18.2 Å². The van der Waals surface area contributed by atoms with Crippen LogP contribution < -0.4 is 10.6 Å². The zero-order valence-electron chi connectivity index (χ0n) is 9.82. The minimum absolute atomic E-state index is 0.248. The van der Waals surface area contributed by atoms with E-state index in [1.807, 2.05) is 0 Å². The van der Waals surface area contributed by atoms with Crippen LogP contribution in [0.25, 0.3) is 0 Å². The fraction of sp³-hybridized carbons (Fsp3) is 0.538. The van der Waals surface area contributed by atoms with E-state index in [0.29, 0.717) is 12.6 Å². The number of rotatable bonds is 3. The molecule has 1 atom stereocenters. The minimum Gasteiger partial charge on any atom is -0.394 e. The molecule has 0 spiro atoms. The first kappa shape index (κ1) is 11.4. The fourth-order valence-electron chi connectivity index (χ4n) is 2.51. The lowest BCUT2D eigenvalue weighted by Gasteiger charge is -2.27. The van der Waals surface area contributed by atoms with E-state index in [0.717, 1.165) is 13.0 Å². The molecule has 1 aromatic carbocycles. The van der Waals surface area contributed by atoms with Crippen molar-refractivity contribution < 1.29 is 5.11 Å². The van der Waals surface area contributed by atoms with Crippen molar-refractivity contribution in [3.63, 3.8) is 0 Å². The summed E-state index contributed by atoms with van der Waals surface area (Å²) in [5.74, 6) is 0. The van der Waals surface area contributed by atoms with Gasteiger partial charge >= 0.3 is 0 Å². The van der Waals surface area contributed by atoms with E-state index >= 15 is 0 Å². The maximum absolute atomic E-state index is 9.33. The summed E-state index contributed by atoms with van der Waals surface area (Å²) in [5, 5.41) is 9.33. The van der Waals surface area contributed by atoms with Gasteiger partial charge in [-0.3, -0.25) is 0 Å². The first-order valence-electron chi connectivity index (χ1n) is 5.93. The summed E-state index contributed by atoms with van der Waals surface area (Å²) in [6.07, 6.45) is 2.26. The standard InChI is InChI=1S/C13H20N2O/c1-10-7-11(8-14)4-5-13(10)15-6-2-3-12(15)9-16/h4-5,7,12,16H,2-3,6,8-9,14H2,1H3. The maximum atomic E-state index is 9.33. The lowest BCUT2D eigenvalue weighted by Crippen LogP contribution is -2.32. The highest BCUT2D eigenvalue weighted by Gasteiger charge is 2.24. The molecule has 1 heterocycles. The summed E-state index contributed by atoms with van der Waals surface area (Å²) in [6.45, 7) is 4.00. The van der Waals surface area contributed by atoms with Gasteiger partial charge in [-0.25, -0.2) is 0 Å². The van der Waals surface area contributed by atoms with Crippen molar-refractivity contribution in [3.8, 4) is 0 Å². The highest BCUT2D eigenvalue weighted by molar-refractivity contribution is 5.56. The second-order valence-corrected chi connectivity index (χ2v) is 4.50. The molecule has 1 saturated heterocycles. The number of aliphatic hydroxyl groups excluding tert-OH is 1. The van der Waals surface area contributed by atoms with Crippen molar-refractivity contribution in [1.82, 2.24) is 0 Å². The molecule has 0 aliphatic carbocycles. The summed E-state index contributed by atoms with van der Waals surface area (Å²) >= 11 is 0. The molecule has 0 radical (unpaired) electrons. The van der Waals surface area contributed by atoms with Crippen LogP contribution in [0.3, 0.4) is 0 Å². The van der Waals surface area contributed by atoms with Gasteiger partial charge in [0, 0.05) is 18.8 Å². The van der Waals surface area contributed by atoms with Gasteiger partial charge in [-0.05, 0) is 37.0 Å². The predicted octanol–water partition coefficient (Wildman–Crippen LogP) is 1.41. The Kier molecular flexibility index (Phi) is 3.46. The fourth-order valence-corrected chi connectivity index (χ4v) is 2.51. The Morgan fingerprint density at radius 1 is 1.50 bits per heavy atom. The van der Waals surface area contributed by atoms with Crippen LogP contribution in [0.4, 0.5) is 5.69 Å². The number of nitrogens with zero attached hydrogens (tertiary/aromatic N) is 1. The van der Waals surface area contributed by atoms with E-state index in [2.05, 4.69) is 30.0 Å². The third-order valence-corrected chi connectivity index (χ3v) is 3.39. The summed E-state index contributed by atoms with van der Waals surface area (Å²) in [6, 6.07) is 6.64. The van der Waals surface area contributed by atoms with Gasteiger partial charge in [0.2, 0.25) is 0 Å². The van der Waals surface area contributed by atoms with Crippen LogP contribution >= 0.6 is 0 Å². The molecular weight excluding hydrogens is 200 g/mol. The highest BCUT2D eigenvalue weighted by atomic mass is 16.3. The molecule has 0 amide bonds. The van der Waals surface area contributed by atoms with Crippen LogP contribution in [-0.4, -0.2) is 24.3 Å². The highest BCUT2D eigenvalue weighted by Crippen LogP contribution is 2.28. The van der Waals surface area contributed by atoms with Gasteiger partial charge in [-0.2, -0.15) is 0 Å². The van der Waals surface area contributed by atoms with Gasteiger partial charge in [0.25, 0.3) is 0 Å². The van der Waals surface area contributed by atoms with Gasteiger partial charge in [0.05, 0.1) is 12.6 Å². The quantitative estimate of drug-likeness (QED) is 0.810. The van der Waals surface area contributed by atoms with Crippen molar-refractivity contribution in [1.29, 1.82) is 0 Å². The Balaban J connectivity index is 2.26. The van der Waals surface area contributed by atoms with Gasteiger partial charge in [0.15, 0.2) is 0 Å². The summed E-state index contributed by atoms with van der Waals surface area (Å²) in [7, 11) is 0. The Bertz CT molecular complexity index is 365. The smallest absolute Gasteiger partial charge is 0.0635 e. The van der Waals surface area contributed by atoms with Crippen LogP contribution in [0.5, 0.6) is 0 Å². The molecule has 0 saturated carbocycles. The normalized spacial score (nSPS) is 20.4. The van der Waals surface area contributed by atoms with Gasteiger partial charge in [0.1, 0.15) is 0 Å². The van der Waals surface area contributed by atoms with Crippen molar-refractivity contribution >= 4 is 5.69 Å². The van der Waals surface area contributed by atoms with Crippen LogP contribution in [-0.2, 0) is 6.54 Å². The first-order valence-corrected chi connectivity index (χ1v) is 5.93. The molecule has 0 bridgehead atoms. The SMILES string of the molecule is Cc1cc(CN)ccc1N1CCCC1CO. The minimum atomic E-state index is 0.248. The van der Waals surface area contributed by atoms with Crippen LogP contribution in [0.1, 0.15) is 24.0 Å². The number of benzene rings is 1. The average Bonchev–Trinajstić information content (AvgIpc) is 2.76. The molecule has 2 rings (SSSR count). The molecule has 1 fully saturated rings. The molecule has 88 valence electrons. The Labute approximate surface area is 96.9 Å². The third kappa shape index (κ3) is 2.06. The lowest BCUT2D eigenvalue weighted by molar-refractivity contribution is 0.266. The molecule has 3 N–H and O–H groups in total. The van der Waals surface area contributed by atoms with E-state index in [4.69, 9.17) is 5.73 Å². The molecule has 1 aliphatic rings. The van der Waals surface area contributed by atoms with E-state index in [9.17, 15) is 5.11 Å². The summed E-state index contributed by atoms with van der Waals surface area (Å²) in [5.41, 5.74) is 9.29. The second kappa shape index (κ2) is 4.85. The van der Waals surface area contributed by atoms with E-state index in [1.165, 1.54) is 23.2 Å². The third-order valence-electron chi connectivity index (χ3n) is 3.39. The molecule has 1 aliphatic heterocycles. The first-order chi connectivity index (χ1) is 7.76.